The van der Waals surface area contributed by atoms with Gasteiger partial charge in [0.1, 0.15) is 0 Å². The molecular weight excluding hydrogens is 328 g/mol. The topological polar surface area (TPSA) is 103 Å². The quantitative estimate of drug-likeness (QED) is 0.598. The summed E-state index contributed by atoms with van der Waals surface area (Å²) in [7, 11) is 0. The molecule has 0 aliphatic carbocycles. The number of hydrogen-bond acceptors (Lipinski definition) is 6. The fraction of sp³-hybridized carbons (Fsp3) is 0.353. The lowest BCUT2D eigenvalue weighted by molar-refractivity contribution is -0.143. The second-order valence-corrected chi connectivity index (χ2v) is 5.38. The molecule has 0 aromatic heterocycles. The summed E-state index contributed by atoms with van der Waals surface area (Å²) in [6, 6.07) is 4.53. The summed E-state index contributed by atoms with van der Waals surface area (Å²) in [5.41, 5.74) is 0.721. The number of nitrogens with one attached hydrogen (secondary N) is 2. The molecule has 0 fully saturated rings. The number of carbonyl (C=O) groups excluding carboxylic acids is 3. The van der Waals surface area contributed by atoms with Crippen molar-refractivity contribution in [3.05, 3.63) is 29.8 Å². The summed E-state index contributed by atoms with van der Waals surface area (Å²) in [6.45, 7) is 3.34. The van der Waals surface area contributed by atoms with Gasteiger partial charge in [-0.3, -0.25) is 10.1 Å². The van der Waals surface area contributed by atoms with Gasteiger partial charge in [0.05, 0.1) is 0 Å². The van der Waals surface area contributed by atoms with Crippen molar-refractivity contribution in [3.63, 3.8) is 0 Å². The molecule has 0 spiro atoms. The van der Waals surface area contributed by atoms with Crippen LogP contribution in [0.25, 0.3) is 6.08 Å². The van der Waals surface area contributed by atoms with E-state index in [9.17, 15) is 14.4 Å². The Morgan fingerprint density at radius 1 is 1.28 bits per heavy atom. The molecule has 1 aliphatic heterocycles. The van der Waals surface area contributed by atoms with Crippen molar-refractivity contribution in [1.82, 2.24) is 10.6 Å². The van der Waals surface area contributed by atoms with Crippen molar-refractivity contribution in [2.24, 2.45) is 0 Å². The first-order valence-electron chi connectivity index (χ1n) is 7.82. The third-order valence-electron chi connectivity index (χ3n) is 3.40. The highest BCUT2D eigenvalue weighted by atomic mass is 16.7. The molecule has 1 heterocycles. The number of urea groups is 1. The smallest absolute Gasteiger partial charge is 0.331 e. The summed E-state index contributed by atoms with van der Waals surface area (Å²) in [4.78, 5) is 34.6. The van der Waals surface area contributed by atoms with E-state index in [2.05, 4.69) is 10.6 Å². The lowest BCUT2D eigenvalue weighted by Crippen LogP contribution is -2.44. The van der Waals surface area contributed by atoms with Gasteiger partial charge >= 0.3 is 12.0 Å². The van der Waals surface area contributed by atoms with Crippen molar-refractivity contribution >= 4 is 24.0 Å². The molecule has 8 heteroatoms. The van der Waals surface area contributed by atoms with Crippen molar-refractivity contribution in [1.29, 1.82) is 0 Å². The lowest BCUT2D eigenvalue weighted by atomic mass is 10.2. The molecule has 0 radical (unpaired) electrons. The van der Waals surface area contributed by atoms with Gasteiger partial charge < -0.3 is 19.5 Å². The average molecular weight is 348 g/mol. The van der Waals surface area contributed by atoms with E-state index in [0.29, 0.717) is 11.5 Å². The van der Waals surface area contributed by atoms with Gasteiger partial charge in [0.15, 0.2) is 18.1 Å². The van der Waals surface area contributed by atoms with Gasteiger partial charge in [0.25, 0.3) is 5.91 Å². The Bertz CT molecular complexity index is 686. The molecule has 134 valence electrons. The second-order valence-electron chi connectivity index (χ2n) is 5.38. The van der Waals surface area contributed by atoms with Gasteiger partial charge in [0.2, 0.25) is 6.79 Å². The van der Waals surface area contributed by atoms with Crippen LogP contribution in [0.5, 0.6) is 11.5 Å². The van der Waals surface area contributed by atoms with Crippen molar-refractivity contribution in [2.45, 2.75) is 26.3 Å². The minimum atomic E-state index is -0.703. The maximum absolute atomic E-state index is 11.6. The van der Waals surface area contributed by atoms with Gasteiger partial charge in [-0.15, -0.1) is 0 Å². The summed E-state index contributed by atoms with van der Waals surface area (Å²) in [5.74, 6) is -0.157. The third-order valence-corrected chi connectivity index (χ3v) is 3.40. The van der Waals surface area contributed by atoms with Gasteiger partial charge in [-0.1, -0.05) is 13.0 Å². The molecule has 2 N–H and O–H groups in total. The third kappa shape index (κ3) is 5.83. The highest BCUT2D eigenvalue weighted by Gasteiger charge is 2.13. The number of carbonyl (C=O) groups is 3. The van der Waals surface area contributed by atoms with Crippen LogP contribution in [0.3, 0.4) is 0 Å². The number of fused-ring (bicyclic) bond motifs is 1. The summed E-state index contributed by atoms with van der Waals surface area (Å²) in [6.07, 6.45) is 3.45. The van der Waals surface area contributed by atoms with Gasteiger partial charge in [-0.05, 0) is 37.1 Å². The van der Waals surface area contributed by atoms with Crippen molar-refractivity contribution in [2.75, 3.05) is 13.4 Å². The Hall–Kier alpha value is -3.03. The van der Waals surface area contributed by atoms with Crippen LogP contribution in [0.15, 0.2) is 24.3 Å². The molecule has 1 aromatic carbocycles. The number of amides is 3. The van der Waals surface area contributed by atoms with Crippen LogP contribution < -0.4 is 20.1 Å². The molecule has 0 saturated carbocycles. The van der Waals surface area contributed by atoms with E-state index >= 15 is 0 Å². The molecule has 2 rings (SSSR count). The Morgan fingerprint density at radius 3 is 2.80 bits per heavy atom. The van der Waals surface area contributed by atoms with E-state index in [1.54, 1.807) is 18.2 Å². The number of rotatable bonds is 6. The molecule has 8 nitrogen and oxygen atoms in total. The van der Waals surface area contributed by atoms with Crippen LogP contribution in [0, 0.1) is 0 Å². The lowest BCUT2D eigenvalue weighted by Gasteiger charge is -2.11. The number of hydrogen-bond donors (Lipinski definition) is 2. The van der Waals surface area contributed by atoms with Crippen molar-refractivity contribution < 1.29 is 28.6 Å². The molecule has 25 heavy (non-hydrogen) atoms. The Balaban J connectivity index is 1.74. The van der Waals surface area contributed by atoms with Crippen LogP contribution in [-0.2, 0) is 14.3 Å². The fourth-order valence-electron chi connectivity index (χ4n) is 1.89. The average Bonchev–Trinajstić information content (AvgIpc) is 3.05. The Kier molecular flexibility index (Phi) is 6.39. The van der Waals surface area contributed by atoms with E-state index in [1.807, 2.05) is 13.8 Å². The molecule has 0 unspecified atom stereocenters. The van der Waals surface area contributed by atoms with E-state index in [-0.39, 0.29) is 12.8 Å². The maximum atomic E-state index is 11.6. The van der Waals surface area contributed by atoms with Gasteiger partial charge in [0, 0.05) is 12.1 Å². The van der Waals surface area contributed by atoms with Crippen LogP contribution in [0.2, 0.25) is 0 Å². The molecule has 0 bridgehead atoms. The van der Waals surface area contributed by atoms with Crippen molar-refractivity contribution in [3.8, 4) is 11.5 Å². The Labute approximate surface area is 145 Å². The minimum Gasteiger partial charge on any atom is -0.454 e. The maximum Gasteiger partial charge on any atom is 0.331 e. The standard InChI is InChI=1S/C17H20N2O6/c1-3-11(2)18-17(22)19-15(20)9-23-16(21)7-5-12-4-6-13-14(8-12)25-10-24-13/h4-8,11H,3,9-10H2,1-2H3,(H2,18,19,20,22)/b7-5+/t11-/m1/s1. The molecule has 0 saturated heterocycles. The van der Waals surface area contributed by atoms with Crippen LogP contribution in [0.1, 0.15) is 25.8 Å². The Morgan fingerprint density at radius 2 is 2.04 bits per heavy atom. The number of esters is 1. The monoisotopic (exact) mass is 348 g/mol. The molecule has 3 amide bonds. The zero-order valence-corrected chi connectivity index (χ0v) is 14.0. The van der Waals surface area contributed by atoms with E-state index in [0.717, 1.165) is 12.0 Å². The normalized spacial score (nSPS) is 13.4. The summed E-state index contributed by atoms with van der Waals surface area (Å²) in [5, 5.41) is 4.65. The predicted octanol–water partition coefficient (Wildman–Crippen LogP) is 1.60. The van der Waals surface area contributed by atoms with E-state index in [1.165, 1.54) is 12.2 Å². The van der Waals surface area contributed by atoms with Crippen LogP contribution in [-0.4, -0.2) is 37.3 Å². The first-order valence-corrected chi connectivity index (χ1v) is 7.82. The number of imide groups is 1. The minimum absolute atomic E-state index is 0.0556. The zero-order valence-electron chi connectivity index (χ0n) is 14.0. The molecule has 1 aliphatic rings. The second kappa shape index (κ2) is 8.72. The first kappa shape index (κ1) is 18.3. The molecule has 1 atom stereocenters. The summed E-state index contributed by atoms with van der Waals surface area (Å²) >= 11 is 0. The first-order chi connectivity index (χ1) is 12.0. The van der Waals surface area contributed by atoms with E-state index < -0.39 is 24.5 Å². The predicted molar refractivity (Wildman–Crippen MR) is 89.0 cm³/mol. The fourth-order valence-corrected chi connectivity index (χ4v) is 1.89. The number of benzene rings is 1. The zero-order chi connectivity index (χ0) is 18.2. The summed E-state index contributed by atoms with van der Waals surface area (Å²) < 4.78 is 15.2. The molecular formula is C17H20N2O6. The van der Waals surface area contributed by atoms with Gasteiger partial charge in [-0.2, -0.15) is 0 Å². The van der Waals surface area contributed by atoms with E-state index in [4.69, 9.17) is 14.2 Å². The van der Waals surface area contributed by atoms with Gasteiger partial charge in [-0.25, -0.2) is 9.59 Å². The van der Waals surface area contributed by atoms with Crippen LogP contribution >= 0.6 is 0 Å². The van der Waals surface area contributed by atoms with Crippen LogP contribution in [0.4, 0.5) is 4.79 Å². The highest BCUT2D eigenvalue weighted by molar-refractivity contribution is 5.96. The largest absolute Gasteiger partial charge is 0.454 e. The number of ether oxygens (including phenoxy) is 3. The SMILES string of the molecule is CC[C@@H](C)NC(=O)NC(=O)COC(=O)/C=C/c1ccc2c(c1)OCO2. The highest BCUT2D eigenvalue weighted by Crippen LogP contribution is 2.32. The molecule has 1 aromatic rings.